The number of hydrogen-bond acceptors (Lipinski definition) is 3. The van der Waals surface area contributed by atoms with E-state index in [4.69, 9.17) is 0 Å². The Morgan fingerprint density at radius 1 is 1.33 bits per heavy atom. The third kappa shape index (κ3) is 3.71. The van der Waals surface area contributed by atoms with Crippen molar-refractivity contribution >= 4 is 22.2 Å². The van der Waals surface area contributed by atoms with Crippen LogP contribution in [-0.4, -0.2) is 5.91 Å². The Morgan fingerprint density at radius 2 is 2.00 bits per heavy atom. The Bertz CT molecular complexity index is 678. The third-order valence-corrected chi connectivity index (χ3v) is 4.00. The van der Waals surface area contributed by atoms with Crippen molar-refractivity contribution in [3.8, 4) is 17.2 Å². The molecule has 0 unspecified atom stereocenters. The van der Waals surface area contributed by atoms with Crippen molar-refractivity contribution in [1.29, 1.82) is 5.26 Å². The quantitative estimate of drug-likeness (QED) is 0.907. The summed E-state index contributed by atoms with van der Waals surface area (Å²) in [4.78, 5) is 11.2. The lowest BCUT2D eigenvalue weighted by Crippen LogP contribution is -2.05. The average molecular weight is 298 g/mol. The molecule has 2 aromatic rings. The summed E-state index contributed by atoms with van der Waals surface area (Å²) in [5, 5.41) is 14.6. The van der Waals surface area contributed by atoms with Gasteiger partial charge < -0.3 is 5.32 Å². The maximum Gasteiger partial charge on any atom is 0.221 e. The van der Waals surface area contributed by atoms with Gasteiger partial charge in [0, 0.05) is 17.9 Å². The van der Waals surface area contributed by atoms with E-state index >= 15 is 0 Å². The van der Waals surface area contributed by atoms with Crippen molar-refractivity contribution < 1.29 is 4.79 Å². The first kappa shape index (κ1) is 15.3. The second kappa shape index (κ2) is 6.55. The molecule has 3 nitrogen and oxygen atoms in total. The summed E-state index contributed by atoms with van der Waals surface area (Å²) in [5.74, 6) is 0.463. The van der Waals surface area contributed by atoms with Gasteiger partial charge in [0.05, 0.1) is 5.56 Å². The second-order valence-electron chi connectivity index (χ2n) is 5.44. The first-order valence-electron chi connectivity index (χ1n) is 6.89. The molecule has 1 N–H and O–H groups in total. The number of rotatable bonds is 4. The lowest BCUT2D eigenvalue weighted by Gasteiger charge is -2.06. The molecule has 4 heteroatoms. The molecule has 1 aromatic heterocycles. The van der Waals surface area contributed by atoms with Gasteiger partial charge in [-0.25, -0.2) is 0 Å². The maximum absolute atomic E-state index is 11.2. The Balaban J connectivity index is 2.32. The number of carbonyl (C=O) groups excluding carboxylic acids is 1. The fourth-order valence-corrected chi connectivity index (χ4v) is 3.19. The van der Waals surface area contributed by atoms with Gasteiger partial charge in [-0.05, 0) is 23.5 Å². The van der Waals surface area contributed by atoms with Crippen LogP contribution in [-0.2, 0) is 11.2 Å². The van der Waals surface area contributed by atoms with Gasteiger partial charge in [-0.2, -0.15) is 5.26 Å². The van der Waals surface area contributed by atoms with E-state index in [0.717, 1.165) is 17.5 Å². The summed E-state index contributed by atoms with van der Waals surface area (Å²) in [7, 11) is 0. The van der Waals surface area contributed by atoms with E-state index in [0.29, 0.717) is 16.5 Å². The summed E-state index contributed by atoms with van der Waals surface area (Å²) in [6.45, 7) is 5.84. The van der Waals surface area contributed by atoms with E-state index in [9.17, 15) is 10.1 Å². The van der Waals surface area contributed by atoms with Crippen LogP contribution < -0.4 is 5.32 Å². The van der Waals surface area contributed by atoms with Crippen LogP contribution in [0.3, 0.4) is 0 Å². The summed E-state index contributed by atoms with van der Waals surface area (Å²) < 4.78 is 0. The molecule has 0 saturated carbocycles. The van der Waals surface area contributed by atoms with Gasteiger partial charge in [0.2, 0.25) is 5.91 Å². The smallest absolute Gasteiger partial charge is 0.221 e. The highest BCUT2D eigenvalue weighted by atomic mass is 32.1. The van der Waals surface area contributed by atoms with Crippen LogP contribution in [0.4, 0.5) is 5.00 Å². The molecule has 0 atom stereocenters. The van der Waals surface area contributed by atoms with E-state index in [1.807, 2.05) is 17.5 Å². The van der Waals surface area contributed by atoms with Gasteiger partial charge in [-0.15, -0.1) is 11.3 Å². The topological polar surface area (TPSA) is 52.9 Å². The first-order chi connectivity index (χ1) is 10.0. The first-order valence-corrected chi connectivity index (χ1v) is 7.77. The molecule has 0 saturated heterocycles. The zero-order valence-corrected chi connectivity index (χ0v) is 13.3. The molecule has 0 aliphatic carbocycles. The van der Waals surface area contributed by atoms with Gasteiger partial charge in [0.25, 0.3) is 0 Å². The highest BCUT2D eigenvalue weighted by Crippen LogP contribution is 2.35. The van der Waals surface area contributed by atoms with Gasteiger partial charge in [0.1, 0.15) is 11.1 Å². The molecule has 108 valence electrons. The molecular formula is C17H18N2OS. The molecule has 0 radical (unpaired) electrons. The summed E-state index contributed by atoms with van der Waals surface area (Å²) in [6, 6.07) is 10.5. The zero-order chi connectivity index (χ0) is 15.4. The highest BCUT2D eigenvalue weighted by Gasteiger charge is 2.14. The number of anilines is 1. The van der Waals surface area contributed by atoms with Crippen molar-refractivity contribution in [1.82, 2.24) is 0 Å². The Morgan fingerprint density at radius 3 is 2.52 bits per heavy atom. The Kier molecular flexibility index (Phi) is 4.77. The molecule has 1 amide bonds. The maximum atomic E-state index is 11.2. The van der Waals surface area contributed by atoms with E-state index in [1.54, 1.807) is 0 Å². The predicted molar refractivity (Wildman–Crippen MR) is 87.3 cm³/mol. The number of thiophene rings is 1. The molecular weight excluding hydrogens is 280 g/mol. The van der Waals surface area contributed by atoms with Crippen LogP contribution >= 0.6 is 11.3 Å². The van der Waals surface area contributed by atoms with E-state index in [-0.39, 0.29) is 5.91 Å². The lowest BCUT2D eigenvalue weighted by atomic mass is 9.99. The summed E-state index contributed by atoms with van der Waals surface area (Å²) in [6.07, 6.45) is 1.05. The van der Waals surface area contributed by atoms with Crippen LogP contribution in [0.2, 0.25) is 0 Å². The van der Waals surface area contributed by atoms with Crippen LogP contribution in [0.25, 0.3) is 11.1 Å². The zero-order valence-electron chi connectivity index (χ0n) is 12.4. The molecule has 21 heavy (non-hydrogen) atoms. The van der Waals surface area contributed by atoms with Crippen molar-refractivity contribution in [2.75, 3.05) is 5.32 Å². The van der Waals surface area contributed by atoms with E-state index in [2.05, 4.69) is 37.4 Å². The van der Waals surface area contributed by atoms with Crippen molar-refractivity contribution in [2.45, 2.75) is 27.2 Å². The van der Waals surface area contributed by atoms with Crippen molar-refractivity contribution in [3.63, 3.8) is 0 Å². The van der Waals surface area contributed by atoms with Crippen LogP contribution in [0.5, 0.6) is 0 Å². The van der Waals surface area contributed by atoms with Gasteiger partial charge >= 0.3 is 0 Å². The minimum Gasteiger partial charge on any atom is -0.317 e. The number of amides is 1. The summed E-state index contributed by atoms with van der Waals surface area (Å²) in [5.41, 5.74) is 3.71. The van der Waals surface area contributed by atoms with Crippen LogP contribution in [0.1, 0.15) is 31.9 Å². The minimum absolute atomic E-state index is 0.160. The monoisotopic (exact) mass is 298 g/mol. The number of hydrogen-bond donors (Lipinski definition) is 1. The van der Waals surface area contributed by atoms with Crippen molar-refractivity contribution in [2.24, 2.45) is 5.92 Å². The molecule has 0 fully saturated rings. The average Bonchev–Trinajstić information content (AvgIpc) is 2.81. The molecule has 1 heterocycles. The highest BCUT2D eigenvalue weighted by molar-refractivity contribution is 7.15. The third-order valence-electron chi connectivity index (χ3n) is 3.10. The number of nitrogens with one attached hydrogen (secondary N) is 1. The molecule has 0 aliphatic heterocycles. The minimum atomic E-state index is -0.160. The largest absolute Gasteiger partial charge is 0.317 e. The fourth-order valence-electron chi connectivity index (χ4n) is 2.23. The van der Waals surface area contributed by atoms with E-state index in [1.165, 1.54) is 23.8 Å². The molecule has 2 rings (SSSR count). The van der Waals surface area contributed by atoms with Gasteiger partial charge in [-0.1, -0.05) is 38.1 Å². The van der Waals surface area contributed by atoms with Crippen LogP contribution in [0.15, 0.2) is 29.6 Å². The van der Waals surface area contributed by atoms with Gasteiger partial charge in [-0.3, -0.25) is 4.79 Å². The van der Waals surface area contributed by atoms with Gasteiger partial charge in [0.15, 0.2) is 0 Å². The molecule has 0 spiro atoms. The second-order valence-corrected chi connectivity index (χ2v) is 6.32. The number of nitrogens with zero attached hydrogens (tertiary/aromatic N) is 1. The summed E-state index contributed by atoms with van der Waals surface area (Å²) >= 11 is 1.38. The fraction of sp³-hybridized carbons (Fsp3) is 0.294. The van der Waals surface area contributed by atoms with Crippen molar-refractivity contribution in [3.05, 3.63) is 40.8 Å². The SMILES string of the molecule is CC(=O)Nc1scc(-c2ccc(CC(C)C)cc2)c1C#N. The Hall–Kier alpha value is -2.12. The molecule has 1 aromatic carbocycles. The number of nitriles is 1. The standard InChI is InChI=1S/C17H18N2OS/c1-11(2)8-13-4-6-14(7-5-13)16-10-21-17(15(16)9-18)19-12(3)20/h4-7,10-11H,8H2,1-3H3,(H,19,20). The number of carbonyl (C=O) groups is 1. The molecule has 0 aliphatic rings. The lowest BCUT2D eigenvalue weighted by molar-refractivity contribution is -0.114. The number of benzene rings is 1. The van der Waals surface area contributed by atoms with E-state index < -0.39 is 0 Å². The Labute approximate surface area is 129 Å². The predicted octanol–water partition coefficient (Wildman–Crippen LogP) is 4.44. The van der Waals surface area contributed by atoms with Crippen LogP contribution in [0, 0.1) is 17.2 Å². The molecule has 0 bridgehead atoms. The normalized spacial score (nSPS) is 10.4.